The molecule has 1 saturated heterocycles. The zero-order valence-electron chi connectivity index (χ0n) is 24.2. The molecule has 3 aromatic carbocycles. The number of aromatic nitrogens is 2. The number of rotatable bonds is 9. The van der Waals surface area contributed by atoms with Crippen molar-refractivity contribution in [3.8, 4) is 0 Å². The SMILES string of the molecule is Cc1cc(NS(=O)(=O)c2ccc(NC(=O)c3ccc(Cl)c(S(=O)(=O)N4CCC(Cc5ccccc5)CC4)c3)cc2)nc(C)n1. The summed E-state index contributed by atoms with van der Waals surface area (Å²) in [5.41, 5.74) is 2.27. The number of aryl methyl sites for hydroxylation is 2. The number of benzene rings is 3. The van der Waals surface area contributed by atoms with Gasteiger partial charge in [-0.3, -0.25) is 9.52 Å². The monoisotopic (exact) mass is 653 g/mol. The van der Waals surface area contributed by atoms with E-state index in [4.69, 9.17) is 11.6 Å². The van der Waals surface area contributed by atoms with Gasteiger partial charge >= 0.3 is 0 Å². The quantitative estimate of drug-likeness (QED) is 0.245. The number of carbonyl (C=O) groups is 1. The molecule has 0 saturated carbocycles. The van der Waals surface area contributed by atoms with E-state index in [1.807, 2.05) is 18.2 Å². The van der Waals surface area contributed by atoms with Gasteiger partial charge in [-0.1, -0.05) is 41.9 Å². The summed E-state index contributed by atoms with van der Waals surface area (Å²) in [6.07, 6.45) is 2.35. The minimum absolute atomic E-state index is 0.0307. The molecule has 1 aliphatic heterocycles. The second-order valence-corrected chi connectivity index (χ2v) is 14.7. The number of nitrogens with one attached hydrogen (secondary N) is 2. The Kier molecular flexibility index (Phi) is 9.35. The van der Waals surface area contributed by atoms with Crippen molar-refractivity contribution in [3.05, 3.63) is 107 Å². The van der Waals surface area contributed by atoms with Gasteiger partial charge in [-0.15, -0.1) is 0 Å². The number of amides is 1. The lowest BCUT2D eigenvalue weighted by atomic mass is 9.91. The van der Waals surface area contributed by atoms with Crippen LogP contribution in [0.15, 0.2) is 88.7 Å². The van der Waals surface area contributed by atoms with Crippen LogP contribution in [-0.4, -0.2) is 50.1 Å². The van der Waals surface area contributed by atoms with Crippen molar-refractivity contribution in [1.29, 1.82) is 0 Å². The third kappa shape index (κ3) is 7.44. The van der Waals surface area contributed by atoms with E-state index in [1.165, 1.54) is 58.4 Å². The number of piperidine rings is 1. The molecule has 1 amide bonds. The summed E-state index contributed by atoms with van der Waals surface area (Å²) in [4.78, 5) is 21.2. The Morgan fingerprint density at radius 3 is 2.25 bits per heavy atom. The van der Waals surface area contributed by atoms with Crippen LogP contribution < -0.4 is 10.0 Å². The van der Waals surface area contributed by atoms with Gasteiger partial charge in [0.2, 0.25) is 10.0 Å². The molecule has 230 valence electrons. The molecule has 1 fully saturated rings. The Balaban J connectivity index is 1.24. The topological polar surface area (TPSA) is 138 Å². The van der Waals surface area contributed by atoms with Crippen molar-refractivity contribution >= 4 is 49.1 Å². The van der Waals surface area contributed by atoms with Crippen LogP contribution in [0.4, 0.5) is 11.5 Å². The molecule has 10 nitrogen and oxygen atoms in total. The predicted octanol–water partition coefficient (Wildman–Crippen LogP) is 5.44. The third-order valence-corrected chi connectivity index (χ3v) is 11.1. The van der Waals surface area contributed by atoms with Gasteiger partial charge in [0.05, 0.1) is 9.92 Å². The number of hydrogen-bond donors (Lipinski definition) is 2. The Morgan fingerprint density at radius 1 is 0.909 bits per heavy atom. The normalized spacial score (nSPS) is 14.7. The van der Waals surface area contributed by atoms with Crippen LogP contribution in [0.1, 0.15) is 40.3 Å². The molecule has 2 N–H and O–H groups in total. The van der Waals surface area contributed by atoms with Crippen molar-refractivity contribution in [3.63, 3.8) is 0 Å². The molecule has 0 bridgehead atoms. The van der Waals surface area contributed by atoms with Crippen LogP contribution in [0.25, 0.3) is 0 Å². The molecular formula is C31H32ClN5O5S2. The molecule has 4 aromatic rings. The molecule has 5 rings (SSSR count). The van der Waals surface area contributed by atoms with Crippen LogP contribution in [0.5, 0.6) is 0 Å². The average molecular weight is 654 g/mol. The second-order valence-electron chi connectivity index (χ2n) is 10.7. The largest absolute Gasteiger partial charge is 0.322 e. The van der Waals surface area contributed by atoms with Crippen LogP contribution in [-0.2, 0) is 26.5 Å². The summed E-state index contributed by atoms with van der Waals surface area (Å²) in [5, 5.41) is 2.71. The average Bonchev–Trinajstić information content (AvgIpc) is 2.97. The first-order chi connectivity index (χ1) is 20.9. The summed E-state index contributed by atoms with van der Waals surface area (Å²) >= 11 is 6.33. The summed E-state index contributed by atoms with van der Waals surface area (Å²) in [6.45, 7) is 4.14. The molecule has 0 atom stereocenters. The molecular weight excluding hydrogens is 622 g/mol. The first-order valence-corrected chi connectivity index (χ1v) is 17.3. The van der Waals surface area contributed by atoms with E-state index in [-0.39, 0.29) is 26.2 Å². The van der Waals surface area contributed by atoms with Crippen LogP contribution >= 0.6 is 11.6 Å². The van der Waals surface area contributed by atoms with E-state index < -0.39 is 26.0 Å². The number of nitrogens with zero attached hydrogens (tertiary/aromatic N) is 3. The Bertz CT molecular complexity index is 1860. The smallest absolute Gasteiger partial charge is 0.263 e. The summed E-state index contributed by atoms with van der Waals surface area (Å²) in [6, 6.07) is 21.3. The Morgan fingerprint density at radius 2 is 1.59 bits per heavy atom. The highest BCUT2D eigenvalue weighted by atomic mass is 35.5. The number of carbonyl (C=O) groups excluding carboxylic acids is 1. The molecule has 0 spiro atoms. The standard InChI is InChI=1S/C31H32ClN5O5S2/c1-21-18-30(34-22(2)33-21)36-43(39,40)27-11-9-26(10-12-27)35-31(38)25-8-13-28(32)29(20-25)44(41,42)37-16-14-24(15-17-37)19-23-6-4-3-5-7-23/h3-13,18,20,24H,14-17,19H2,1-2H3,(H,35,38)(H,33,34,36). The Hall–Kier alpha value is -3.84. The highest BCUT2D eigenvalue weighted by Gasteiger charge is 2.31. The maximum Gasteiger partial charge on any atom is 0.263 e. The van der Waals surface area contributed by atoms with Crippen LogP contribution in [0, 0.1) is 19.8 Å². The van der Waals surface area contributed by atoms with Gasteiger partial charge in [0.1, 0.15) is 16.5 Å². The van der Waals surface area contributed by atoms with E-state index >= 15 is 0 Å². The predicted molar refractivity (Wildman–Crippen MR) is 170 cm³/mol. The Labute approximate surface area is 262 Å². The maximum atomic E-state index is 13.5. The highest BCUT2D eigenvalue weighted by Crippen LogP contribution is 2.30. The van der Waals surface area contributed by atoms with Crippen molar-refractivity contribution in [1.82, 2.24) is 14.3 Å². The van der Waals surface area contributed by atoms with Gasteiger partial charge in [0, 0.05) is 36.1 Å². The van der Waals surface area contributed by atoms with E-state index in [1.54, 1.807) is 13.8 Å². The van der Waals surface area contributed by atoms with Gasteiger partial charge in [-0.2, -0.15) is 4.31 Å². The van der Waals surface area contributed by atoms with Crippen molar-refractivity contribution in [2.45, 2.75) is 42.9 Å². The highest BCUT2D eigenvalue weighted by molar-refractivity contribution is 7.92. The molecule has 0 unspecified atom stereocenters. The first-order valence-electron chi connectivity index (χ1n) is 14.0. The van der Waals surface area contributed by atoms with Gasteiger partial charge in [0.15, 0.2) is 0 Å². The fourth-order valence-corrected chi connectivity index (χ4v) is 8.13. The minimum Gasteiger partial charge on any atom is -0.322 e. The maximum absolute atomic E-state index is 13.5. The summed E-state index contributed by atoms with van der Waals surface area (Å²) < 4.78 is 56.6. The number of halogens is 1. The van der Waals surface area contributed by atoms with E-state index in [0.717, 1.165) is 19.3 Å². The summed E-state index contributed by atoms with van der Waals surface area (Å²) in [5.74, 6) is 0.398. The minimum atomic E-state index is -3.94. The lowest BCUT2D eigenvalue weighted by molar-refractivity contribution is 0.102. The molecule has 13 heteroatoms. The second kappa shape index (κ2) is 13.0. The molecule has 44 heavy (non-hydrogen) atoms. The van der Waals surface area contributed by atoms with Crippen molar-refractivity contribution in [2.24, 2.45) is 5.92 Å². The zero-order valence-corrected chi connectivity index (χ0v) is 26.6. The number of hydrogen-bond acceptors (Lipinski definition) is 7. The third-order valence-electron chi connectivity index (χ3n) is 7.38. The molecule has 2 heterocycles. The molecule has 0 radical (unpaired) electrons. The van der Waals surface area contributed by atoms with Crippen molar-refractivity contribution in [2.75, 3.05) is 23.1 Å². The van der Waals surface area contributed by atoms with E-state index in [9.17, 15) is 21.6 Å². The first kappa shape index (κ1) is 31.6. The van der Waals surface area contributed by atoms with Gasteiger partial charge in [0.25, 0.3) is 15.9 Å². The van der Waals surface area contributed by atoms with E-state index in [2.05, 4.69) is 32.1 Å². The fourth-order valence-electron chi connectivity index (χ4n) is 5.17. The zero-order chi connectivity index (χ0) is 31.5. The van der Waals surface area contributed by atoms with E-state index in [0.29, 0.717) is 36.2 Å². The summed E-state index contributed by atoms with van der Waals surface area (Å²) in [7, 11) is -7.87. The molecule has 0 aliphatic carbocycles. The lowest BCUT2D eigenvalue weighted by Crippen LogP contribution is -2.39. The van der Waals surface area contributed by atoms with Crippen LogP contribution in [0.3, 0.4) is 0 Å². The van der Waals surface area contributed by atoms with Gasteiger partial charge in [-0.25, -0.2) is 26.8 Å². The molecule has 1 aromatic heterocycles. The molecule has 1 aliphatic rings. The lowest BCUT2D eigenvalue weighted by Gasteiger charge is -2.31. The van der Waals surface area contributed by atoms with Crippen LogP contribution in [0.2, 0.25) is 5.02 Å². The van der Waals surface area contributed by atoms with Crippen molar-refractivity contribution < 1.29 is 21.6 Å². The van der Waals surface area contributed by atoms with Gasteiger partial charge in [-0.05, 0) is 87.1 Å². The van der Waals surface area contributed by atoms with Gasteiger partial charge < -0.3 is 5.32 Å². The number of anilines is 2. The number of sulfonamides is 2. The fraction of sp³-hybridized carbons (Fsp3) is 0.258.